The molecule has 0 saturated carbocycles. The highest BCUT2D eigenvalue weighted by Crippen LogP contribution is 2.09. The van der Waals surface area contributed by atoms with Crippen molar-refractivity contribution >= 4 is 27.3 Å². The zero-order valence-corrected chi connectivity index (χ0v) is 12.3. The Morgan fingerprint density at radius 2 is 1.75 bits per heavy atom. The summed E-state index contributed by atoms with van der Waals surface area (Å²) >= 11 is 0. The quantitative estimate of drug-likeness (QED) is 0.614. The molecule has 0 fully saturated rings. The maximum atomic E-state index is 11.5. The molecule has 0 radical (unpaired) electrons. The van der Waals surface area contributed by atoms with Crippen LogP contribution in [0.2, 0.25) is 0 Å². The summed E-state index contributed by atoms with van der Waals surface area (Å²) in [7, 11) is -3.00. The fraction of sp³-hybridized carbons (Fsp3) is 0.385. The summed E-state index contributed by atoms with van der Waals surface area (Å²) in [6.07, 6.45) is 1.53. The molecule has 2 amide bonds. The Balaban J connectivity index is 2.37. The number of Topliss-reactive ketones (excluding diaryl/α,β-unsaturated/α-hetero) is 1. The number of benzene rings is 1. The van der Waals surface area contributed by atoms with Gasteiger partial charge in [-0.15, -0.1) is 0 Å². The van der Waals surface area contributed by atoms with Gasteiger partial charge < -0.3 is 10.6 Å². The van der Waals surface area contributed by atoms with Crippen molar-refractivity contribution in [3.05, 3.63) is 29.8 Å². The minimum Gasteiger partial charge on any atom is -0.338 e. The number of urea groups is 1. The fourth-order valence-corrected chi connectivity index (χ4v) is 2.17. The van der Waals surface area contributed by atoms with E-state index in [4.69, 9.17) is 0 Å². The van der Waals surface area contributed by atoms with Gasteiger partial charge >= 0.3 is 6.03 Å². The minimum atomic E-state index is -3.00. The number of carbonyl (C=O) groups excluding carboxylic acids is 2. The van der Waals surface area contributed by atoms with E-state index < -0.39 is 15.9 Å². The van der Waals surface area contributed by atoms with Crippen molar-refractivity contribution in [2.45, 2.75) is 13.3 Å². The number of carbonyl (C=O) groups is 2. The zero-order chi connectivity index (χ0) is 15.2. The lowest BCUT2D eigenvalue weighted by molar-refractivity contribution is 0.101. The SMILES string of the molecule is CC(=O)c1ccc(NC(=O)NCCCS(C)(=O)=O)cc1. The number of nitrogens with one attached hydrogen (secondary N) is 2. The topological polar surface area (TPSA) is 92.3 Å². The largest absolute Gasteiger partial charge is 0.338 e. The van der Waals surface area contributed by atoms with Crippen LogP contribution < -0.4 is 10.6 Å². The first-order valence-corrected chi connectivity index (χ1v) is 8.17. The van der Waals surface area contributed by atoms with Gasteiger partial charge in [0.05, 0.1) is 5.75 Å². The second kappa shape index (κ2) is 7.04. The lowest BCUT2D eigenvalue weighted by Gasteiger charge is -2.07. The first-order chi connectivity index (χ1) is 9.28. The van der Waals surface area contributed by atoms with Gasteiger partial charge in [0, 0.05) is 24.1 Å². The first-order valence-electron chi connectivity index (χ1n) is 6.11. The van der Waals surface area contributed by atoms with Gasteiger partial charge in [0.2, 0.25) is 0 Å². The molecule has 6 nitrogen and oxygen atoms in total. The van der Waals surface area contributed by atoms with Crippen molar-refractivity contribution < 1.29 is 18.0 Å². The van der Waals surface area contributed by atoms with Gasteiger partial charge in [-0.25, -0.2) is 13.2 Å². The molecule has 0 unspecified atom stereocenters. The first kappa shape index (κ1) is 16.2. The summed E-state index contributed by atoms with van der Waals surface area (Å²) in [6, 6.07) is 6.11. The van der Waals surface area contributed by atoms with Crippen LogP contribution in [0, 0.1) is 0 Å². The van der Waals surface area contributed by atoms with Crippen molar-refractivity contribution in [3.63, 3.8) is 0 Å². The molecule has 2 N–H and O–H groups in total. The number of amides is 2. The summed E-state index contributed by atoms with van der Waals surface area (Å²) in [5.74, 6) is 0.00223. The molecule has 0 aliphatic carbocycles. The molecule has 0 bridgehead atoms. The zero-order valence-electron chi connectivity index (χ0n) is 11.5. The predicted octanol–water partition coefficient (Wildman–Crippen LogP) is 1.45. The average Bonchev–Trinajstić information content (AvgIpc) is 2.34. The van der Waals surface area contributed by atoms with E-state index >= 15 is 0 Å². The number of sulfone groups is 1. The summed E-state index contributed by atoms with van der Waals surface area (Å²) in [4.78, 5) is 22.6. The Kier molecular flexibility index (Phi) is 5.69. The molecule has 1 aromatic carbocycles. The number of hydrogen-bond acceptors (Lipinski definition) is 4. The van der Waals surface area contributed by atoms with Crippen LogP contribution >= 0.6 is 0 Å². The highest BCUT2D eigenvalue weighted by molar-refractivity contribution is 7.90. The van der Waals surface area contributed by atoms with Crippen LogP contribution in [0.1, 0.15) is 23.7 Å². The Labute approximate surface area is 118 Å². The molecule has 110 valence electrons. The molecular weight excluding hydrogens is 280 g/mol. The molecule has 0 aliphatic rings. The smallest absolute Gasteiger partial charge is 0.319 e. The van der Waals surface area contributed by atoms with Crippen LogP contribution in [0.25, 0.3) is 0 Å². The molecule has 1 rings (SSSR count). The lowest BCUT2D eigenvalue weighted by Crippen LogP contribution is -2.30. The van der Waals surface area contributed by atoms with Crippen LogP contribution in [-0.4, -0.2) is 38.8 Å². The maximum absolute atomic E-state index is 11.5. The summed E-state index contributed by atoms with van der Waals surface area (Å²) in [5, 5.41) is 5.15. The Hall–Kier alpha value is -1.89. The Bertz CT molecular complexity index is 579. The van der Waals surface area contributed by atoms with Crippen LogP contribution in [0.3, 0.4) is 0 Å². The molecule has 0 spiro atoms. The van der Waals surface area contributed by atoms with Crippen molar-refractivity contribution in [3.8, 4) is 0 Å². The number of anilines is 1. The van der Waals surface area contributed by atoms with Crippen molar-refractivity contribution in [2.75, 3.05) is 23.9 Å². The minimum absolute atomic E-state index is 0.0400. The lowest BCUT2D eigenvalue weighted by atomic mass is 10.1. The van der Waals surface area contributed by atoms with E-state index in [1.807, 2.05) is 0 Å². The summed E-state index contributed by atoms with van der Waals surface area (Å²) in [6.45, 7) is 1.75. The molecular formula is C13H18N2O4S. The van der Waals surface area contributed by atoms with Gasteiger partial charge in [0.25, 0.3) is 0 Å². The standard InChI is InChI=1S/C13H18N2O4S/c1-10(16)11-4-6-12(7-5-11)15-13(17)14-8-3-9-20(2,18)19/h4-7H,3,8-9H2,1-2H3,(H2,14,15,17). The van der Waals surface area contributed by atoms with Gasteiger partial charge in [0.1, 0.15) is 9.84 Å². The Morgan fingerprint density at radius 3 is 2.25 bits per heavy atom. The highest BCUT2D eigenvalue weighted by Gasteiger charge is 2.04. The molecule has 0 atom stereocenters. The monoisotopic (exact) mass is 298 g/mol. The van der Waals surface area contributed by atoms with E-state index in [1.54, 1.807) is 24.3 Å². The van der Waals surface area contributed by atoms with Gasteiger partial charge in [-0.05, 0) is 37.6 Å². The molecule has 20 heavy (non-hydrogen) atoms. The third kappa shape index (κ3) is 6.33. The molecule has 0 aliphatic heterocycles. The van der Waals surface area contributed by atoms with Crippen LogP contribution in [0.5, 0.6) is 0 Å². The number of hydrogen-bond donors (Lipinski definition) is 2. The van der Waals surface area contributed by atoms with E-state index in [0.29, 0.717) is 17.7 Å². The van der Waals surface area contributed by atoms with E-state index in [9.17, 15) is 18.0 Å². The van der Waals surface area contributed by atoms with Gasteiger partial charge in [0.15, 0.2) is 5.78 Å². The summed E-state index contributed by atoms with van der Waals surface area (Å²) in [5.41, 5.74) is 1.14. The normalized spacial score (nSPS) is 10.9. The Morgan fingerprint density at radius 1 is 1.15 bits per heavy atom. The van der Waals surface area contributed by atoms with Gasteiger partial charge in [-0.2, -0.15) is 0 Å². The van der Waals surface area contributed by atoms with Crippen molar-refractivity contribution in [1.29, 1.82) is 0 Å². The van der Waals surface area contributed by atoms with E-state index in [0.717, 1.165) is 6.26 Å². The van der Waals surface area contributed by atoms with E-state index in [2.05, 4.69) is 10.6 Å². The van der Waals surface area contributed by atoms with Crippen LogP contribution in [0.15, 0.2) is 24.3 Å². The second-order valence-electron chi connectivity index (χ2n) is 4.50. The van der Waals surface area contributed by atoms with Crippen LogP contribution in [0.4, 0.5) is 10.5 Å². The molecule has 0 heterocycles. The van der Waals surface area contributed by atoms with Crippen LogP contribution in [-0.2, 0) is 9.84 Å². The van der Waals surface area contributed by atoms with Crippen molar-refractivity contribution in [1.82, 2.24) is 5.32 Å². The molecule has 0 aromatic heterocycles. The van der Waals surface area contributed by atoms with E-state index in [-0.39, 0.29) is 18.1 Å². The molecule has 0 saturated heterocycles. The fourth-order valence-electron chi connectivity index (χ4n) is 1.50. The van der Waals surface area contributed by atoms with Gasteiger partial charge in [-0.1, -0.05) is 0 Å². The highest BCUT2D eigenvalue weighted by atomic mass is 32.2. The summed E-state index contributed by atoms with van der Waals surface area (Å²) < 4.78 is 21.8. The maximum Gasteiger partial charge on any atom is 0.319 e. The average molecular weight is 298 g/mol. The third-order valence-corrected chi connectivity index (χ3v) is 3.56. The third-order valence-electron chi connectivity index (χ3n) is 2.53. The molecule has 7 heteroatoms. The van der Waals surface area contributed by atoms with E-state index in [1.165, 1.54) is 6.92 Å². The van der Waals surface area contributed by atoms with Crippen molar-refractivity contribution in [2.24, 2.45) is 0 Å². The molecule has 1 aromatic rings. The number of rotatable bonds is 6. The predicted molar refractivity (Wildman–Crippen MR) is 77.8 cm³/mol. The number of ketones is 1. The second-order valence-corrected chi connectivity index (χ2v) is 6.76. The van der Waals surface area contributed by atoms with Gasteiger partial charge in [-0.3, -0.25) is 4.79 Å².